The summed E-state index contributed by atoms with van der Waals surface area (Å²) in [6, 6.07) is 0. The molecule has 0 bridgehead atoms. The van der Waals surface area contributed by atoms with Crippen molar-refractivity contribution >= 4 is 15.6 Å². The van der Waals surface area contributed by atoms with Gasteiger partial charge >= 0.3 is 21.3 Å². The lowest BCUT2D eigenvalue weighted by atomic mass is 10.1. The predicted octanol–water partition coefficient (Wildman–Crippen LogP) is -3.13. The van der Waals surface area contributed by atoms with Crippen LogP contribution in [0.2, 0.25) is 0 Å². The number of rotatable bonds is 7. The summed E-state index contributed by atoms with van der Waals surface area (Å²) in [5, 5.41) is 29.0. The van der Waals surface area contributed by atoms with E-state index >= 15 is 0 Å². The fraction of sp³-hybridized carbons (Fsp3) is 0.600. The van der Waals surface area contributed by atoms with Crippen LogP contribution in [0.5, 0.6) is 0 Å². The normalized spacial score (nSPS) is 28.2. The summed E-state index contributed by atoms with van der Waals surface area (Å²) in [7, 11) is -10.6. The van der Waals surface area contributed by atoms with Crippen molar-refractivity contribution in [2.24, 2.45) is 0 Å². The largest absolute Gasteiger partial charge is 0.481 e. The topological polar surface area (TPSA) is 238 Å². The van der Waals surface area contributed by atoms with Gasteiger partial charge in [-0.15, -0.1) is 0 Å². The first-order valence-electron chi connectivity index (χ1n) is 7.05. The maximum Gasteiger partial charge on any atom is 0.481 e. The number of aromatic nitrogens is 2. The van der Waals surface area contributed by atoms with Gasteiger partial charge in [-0.25, -0.2) is 13.9 Å². The Balaban J connectivity index is 2.17. The summed E-state index contributed by atoms with van der Waals surface area (Å²) in [6.07, 6.45) is -5.69. The molecule has 2 heterocycles. The highest BCUT2D eigenvalue weighted by atomic mass is 31.3. The van der Waals surface area contributed by atoms with Crippen LogP contribution in [0.3, 0.4) is 0 Å². The van der Waals surface area contributed by atoms with Gasteiger partial charge in [-0.2, -0.15) is 4.31 Å². The molecule has 1 fully saturated rings. The van der Waals surface area contributed by atoms with Crippen LogP contribution in [0.1, 0.15) is 11.8 Å². The lowest BCUT2D eigenvalue weighted by molar-refractivity contribution is -0.0544. The molecule has 0 saturated carbocycles. The van der Waals surface area contributed by atoms with Gasteiger partial charge in [-0.3, -0.25) is 18.9 Å². The van der Waals surface area contributed by atoms with Crippen molar-refractivity contribution in [2.45, 2.75) is 31.1 Å². The number of aromatic amines is 1. The third-order valence-corrected chi connectivity index (χ3v) is 5.59. The van der Waals surface area contributed by atoms with E-state index in [0.717, 1.165) is 6.20 Å². The lowest BCUT2D eigenvalue weighted by Gasteiger charge is -2.18. The molecule has 2 unspecified atom stereocenters. The van der Waals surface area contributed by atoms with Gasteiger partial charge < -0.3 is 34.7 Å². The Hall–Kier alpha value is -1.22. The van der Waals surface area contributed by atoms with Crippen molar-refractivity contribution in [2.75, 3.05) is 6.61 Å². The smallest absolute Gasteiger partial charge is 0.391 e. The van der Waals surface area contributed by atoms with Crippen LogP contribution in [0, 0.1) is 0 Å². The Bertz CT molecular complexity index is 890. The molecule has 27 heavy (non-hydrogen) atoms. The molecule has 1 aromatic heterocycles. The van der Waals surface area contributed by atoms with Gasteiger partial charge in [-0.1, -0.05) is 0 Å². The molecule has 154 valence electrons. The molecule has 15 nitrogen and oxygen atoms in total. The van der Waals surface area contributed by atoms with E-state index in [1.807, 2.05) is 4.98 Å². The number of phosphoric ester groups is 1. The van der Waals surface area contributed by atoms with E-state index in [1.165, 1.54) is 0 Å². The van der Waals surface area contributed by atoms with Gasteiger partial charge in [0.1, 0.15) is 18.3 Å². The number of H-pyrrole nitrogens is 1. The molecule has 7 N–H and O–H groups in total. The second-order valence-corrected chi connectivity index (χ2v) is 8.19. The Morgan fingerprint density at radius 1 is 1.19 bits per heavy atom. The number of phosphoric acid groups is 2. The first-order chi connectivity index (χ1) is 12.3. The second kappa shape index (κ2) is 8.03. The third-order valence-electron chi connectivity index (χ3n) is 3.43. The van der Waals surface area contributed by atoms with E-state index < -0.39 is 64.6 Å². The van der Waals surface area contributed by atoms with Crippen LogP contribution in [-0.4, -0.2) is 64.5 Å². The first kappa shape index (κ1) is 22.1. The van der Waals surface area contributed by atoms with Gasteiger partial charge in [0, 0.05) is 6.20 Å². The van der Waals surface area contributed by atoms with Crippen molar-refractivity contribution in [3.05, 3.63) is 32.6 Å². The zero-order valence-electron chi connectivity index (χ0n) is 13.2. The Labute approximate surface area is 149 Å². The number of hydrogen-bond acceptors (Lipinski definition) is 10. The average molecular weight is 434 g/mol. The van der Waals surface area contributed by atoms with Crippen LogP contribution in [0.15, 0.2) is 15.8 Å². The highest BCUT2D eigenvalue weighted by Gasteiger charge is 2.45. The van der Waals surface area contributed by atoms with Crippen molar-refractivity contribution in [3.63, 3.8) is 0 Å². The molecule has 17 heteroatoms. The van der Waals surface area contributed by atoms with Crippen LogP contribution >= 0.6 is 15.6 Å². The average Bonchev–Trinajstić information content (AvgIpc) is 2.79. The second-order valence-electron chi connectivity index (χ2n) is 5.36. The Kier molecular flexibility index (Phi) is 6.56. The van der Waals surface area contributed by atoms with E-state index in [4.69, 9.17) is 19.6 Å². The van der Waals surface area contributed by atoms with Gasteiger partial charge in [0.05, 0.1) is 18.8 Å². The minimum Gasteiger partial charge on any atom is -0.391 e. The molecule has 0 aliphatic carbocycles. The Morgan fingerprint density at radius 2 is 1.81 bits per heavy atom. The molecule has 5 atom stereocenters. The SMILES string of the molecule is O=c1[nH]c(=O)n([C@@H]2O[C@H](COP(=O)(O)OP(=O)(O)O)C(O)[C@@H]2O)cc1CO. The monoisotopic (exact) mass is 434 g/mol. The first-order valence-corrected chi connectivity index (χ1v) is 10.1. The van der Waals surface area contributed by atoms with Crippen LogP contribution < -0.4 is 11.2 Å². The summed E-state index contributed by atoms with van der Waals surface area (Å²) in [4.78, 5) is 51.3. The molecule has 1 aromatic rings. The number of hydrogen-bond donors (Lipinski definition) is 7. The van der Waals surface area contributed by atoms with Crippen LogP contribution in [-0.2, 0) is 29.3 Å². The van der Waals surface area contributed by atoms with E-state index in [1.54, 1.807) is 0 Å². The molecule has 0 radical (unpaired) electrons. The predicted molar refractivity (Wildman–Crippen MR) is 82.1 cm³/mol. The van der Waals surface area contributed by atoms with Crippen LogP contribution in [0.25, 0.3) is 0 Å². The molecule has 1 saturated heterocycles. The number of aliphatic hydroxyl groups excluding tert-OH is 3. The van der Waals surface area contributed by atoms with Gasteiger partial charge in [0.15, 0.2) is 6.23 Å². The van der Waals surface area contributed by atoms with Crippen molar-refractivity contribution in [1.29, 1.82) is 0 Å². The lowest BCUT2D eigenvalue weighted by Crippen LogP contribution is -2.39. The van der Waals surface area contributed by atoms with E-state index in [-0.39, 0.29) is 5.56 Å². The third kappa shape index (κ3) is 5.40. The Morgan fingerprint density at radius 3 is 2.37 bits per heavy atom. The molecule has 0 aromatic carbocycles. The van der Waals surface area contributed by atoms with E-state index in [2.05, 4.69) is 8.83 Å². The van der Waals surface area contributed by atoms with Crippen molar-refractivity contribution in [3.8, 4) is 0 Å². The van der Waals surface area contributed by atoms with Crippen molar-refractivity contribution < 1.29 is 52.7 Å². The maximum atomic E-state index is 11.9. The van der Waals surface area contributed by atoms with E-state index in [0.29, 0.717) is 4.57 Å². The van der Waals surface area contributed by atoms with Crippen LogP contribution in [0.4, 0.5) is 0 Å². The fourth-order valence-electron chi connectivity index (χ4n) is 2.25. The summed E-state index contributed by atoms with van der Waals surface area (Å²) in [5.74, 6) is 0. The molecular formula is C10H16N2O13P2. The standard InChI is InChI=1S/C10H16N2O13P2/c13-2-4-1-12(10(17)11-8(4)16)9-7(15)6(14)5(24-9)3-23-27(21,22)25-26(18,19)20/h1,5-7,9,13-15H,2-3H2,(H,21,22)(H,11,16,17)(H2,18,19,20)/t5-,6?,7+,9-/m1/s1. The molecule has 1 aliphatic heterocycles. The zero-order chi connectivity index (χ0) is 20.6. The van der Waals surface area contributed by atoms with E-state index in [9.17, 15) is 33.8 Å². The fourth-order valence-corrected chi connectivity index (χ4v) is 3.85. The molecule has 0 amide bonds. The minimum absolute atomic E-state index is 0.241. The molecule has 2 rings (SSSR count). The zero-order valence-corrected chi connectivity index (χ0v) is 15.0. The summed E-state index contributed by atoms with van der Waals surface area (Å²) in [6.45, 7) is -1.69. The minimum atomic E-state index is -5.35. The molecule has 0 spiro atoms. The maximum absolute atomic E-state index is 11.9. The highest BCUT2D eigenvalue weighted by molar-refractivity contribution is 7.60. The number of aliphatic hydroxyl groups is 3. The molecular weight excluding hydrogens is 418 g/mol. The van der Waals surface area contributed by atoms with Crippen molar-refractivity contribution in [1.82, 2.24) is 9.55 Å². The van der Waals surface area contributed by atoms with Gasteiger partial charge in [-0.05, 0) is 0 Å². The number of nitrogens with zero attached hydrogens (tertiary/aromatic N) is 1. The highest BCUT2D eigenvalue weighted by Crippen LogP contribution is 2.57. The van der Waals surface area contributed by atoms with Gasteiger partial charge in [0.2, 0.25) is 0 Å². The summed E-state index contributed by atoms with van der Waals surface area (Å²) >= 11 is 0. The summed E-state index contributed by atoms with van der Waals surface area (Å²) in [5.41, 5.74) is -2.15. The molecule has 1 aliphatic rings. The number of ether oxygens (including phenoxy) is 1. The summed E-state index contributed by atoms with van der Waals surface area (Å²) < 4.78 is 35.7. The quantitative estimate of drug-likeness (QED) is 0.210. The van der Waals surface area contributed by atoms with Gasteiger partial charge in [0.25, 0.3) is 5.56 Å². The number of nitrogens with one attached hydrogen (secondary N) is 1.